The first-order valence-electron chi connectivity index (χ1n) is 4.84. The van der Waals surface area contributed by atoms with Crippen LogP contribution in [0.15, 0.2) is 0 Å². The molecule has 4 nitrogen and oxygen atoms in total. The largest absolute Gasteiger partial charge is 0.480 e. The van der Waals surface area contributed by atoms with Crippen molar-refractivity contribution in [1.82, 2.24) is 5.32 Å². The molecule has 0 aromatic rings. The number of carboxylic acids is 1. The third-order valence-electron chi connectivity index (χ3n) is 1.71. The maximum atomic E-state index is 11.8. The number of aliphatic carboxylic acids is 1. The van der Waals surface area contributed by atoms with Gasteiger partial charge >= 0.3 is 11.5 Å². The highest BCUT2D eigenvalue weighted by Gasteiger charge is 2.30. The predicted octanol–water partition coefficient (Wildman–Crippen LogP) is 1.85. The Labute approximate surface area is 101 Å². The van der Waals surface area contributed by atoms with Gasteiger partial charge in [-0.05, 0) is 24.1 Å². The molecule has 0 heterocycles. The highest BCUT2D eigenvalue weighted by molar-refractivity contribution is 8.00. The van der Waals surface area contributed by atoms with Crippen molar-refractivity contribution in [3.63, 3.8) is 0 Å². The minimum absolute atomic E-state index is 0.0201. The Morgan fingerprint density at radius 3 is 2.24 bits per heavy atom. The van der Waals surface area contributed by atoms with E-state index in [1.807, 2.05) is 0 Å². The van der Waals surface area contributed by atoms with Gasteiger partial charge in [-0.25, -0.2) is 4.79 Å². The molecule has 0 bridgehead atoms. The van der Waals surface area contributed by atoms with E-state index in [4.69, 9.17) is 5.11 Å². The van der Waals surface area contributed by atoms with Gasteiger partial charge < -0.3 is 10.4 Å². The Hall–Kier alpha value is -0.920. The molecule has 0 spiro atoms. The molecule has 1 amide bonds. The Kier molecular flexibility index (Phi) is 6.36. The molecule has 2 N–H and O–H groups in total. The number of hydrogen-bond donors (Lipinski definition) is 2. The van der Waals surface area contributed by atoms with Crippen molar-refractivity contribution < 1.29 is 27.9 Å². The van der Waals surface area contributed by atoms with E-state index in [-0.39, 0.29) is 12.3 Å². The predicted molar refractivity (Wildman–Crippen MR) is 57.5 cm³/mol. The molecule has 0 aliphatic carbocycles. The van der Waals surface area contributed by atoms with Crippen LogP contribution in [0.1, 0.15) is 20.3 Å². The Bertz CT molecular complexity index is 281. The van der Waals surface area contributed by atoms with E-state index in [1.54, 1.807) is 13.8 Å². The second-order valence-electron chi connectivity index (χ2n) is 3.82. The normalized spacial score (nSPS) is 13.5. The topological polar surface area (TPSA) is 66.4 Å². The average Bonchev–Trinajstić information content (AvgIpc) is 2.11. The molecule has 0 aromatic heterocycles. The zero-order valence-electron chi connectivity index (χ0n) is 9.37. The molecule has 0 unspecified atom stereocenters. The van der Waals surface area contributed by atoms with Crippen molar-refractivity contribution in [2.75, 3.05) is 5.75 Å². The van der Waals surface area contributed by atoms with Gasteiger partial charge in [0, 0.05) is 0 Å². The lowest BCUT2D eigenvalue weighted by atomic mass is 10.0. The molecular weight excluding hydrogens is 259 g/mol. The number of nitrogens with one attached hydrogen (secondary N) is 1. The van der Waals surface area contributed by atoms with Crippen LogP contribution in [-0.2, 0) is 9.59 Å². The summed E-state index contributed by atoms with van der Waals surface area (Å²) < 4.78 is 35.4. The molecule has 1 atom stereocenters. The summed E-state index contributed by atoms with van der Waals surface area (Å²) in [6.07, 6.45) is 0.178. The minimum Gasteiger partial charge on any atom is -0.480 e. The lowest BCUT2D eigenvalue weighted by Crippen LogP contribution is -2.42. The molecular formula is C9H14F3NO3S. The van der Waals surface area contributed by atoms with Gasteiger partial charge in [0.25, 0.3) is 0 Å². The summed E-state index contributed by atoms with van der Waals surface area (Å²) >= 11 is -0.491. The van der Waals surface area contributed by atoms with Crippen molar-refractivity contribution in [1.29, 1.82) is 0 Å². The van der Waals surface area contributed by atoms with E-state index in [2.05, 4.69) is 5.32 Å². The molecule has 0 aliphatic rings. The maximum Gasteiger partial charge on any atom is 0.442 e. The fraction of sp³-hybridized carbons (Fsp3) is 0.778. The van der Waals surface area contributed by atoms with E-state index in [0.717, 1.165) is 0 Å². The van der Waals surface area contributed by atoms with Crippen molar-refractivity contribution in [2.24, 2.45) is 5.92 Å². The van der Waals surface area contributed by atoms with Gasteiger partial charge in [-0.3, -0.25) is 4.79 Å². The lowest BCUT2D eigenvalue weighted by Gasteiger charge is -2.16. The number of rotatable bonds is 6. The summed E-state index contributed by atoms with van der Waals surface area (Å²) in [4.78, 5) is 21.8. The average molecular weight is 273 g/mol. The summed E-state index contributed by atoms with van der Waals surface area (Å²) in [5.41, 5.74) is -4.49. The Balaban J connectivity index is 4.18. The van der Waals surface area contributed by atoms with E-state index >= 15 is 0 Å². The van der Waals surface area contributed by atoms with Crippen LogP contribution in [0.2, 0.25) is 0 Å². The lowest BCUT2D eigenvalue weighted by molar-refractivity contribution is -0.141. The number of hydrogen-bond acceptors (Lipinski definition) is 3. The van der Waals surface area contributed by atoms with Crippen LogP contribution in [0.5, 0.6) is 0 Å². The number of carboxylic acid groups (broad SMARTS) is 1. The van der Waals surface area contributed by atoms with Crippen molar-refractivity contribution >= 4 is 23.6 Å². The van der Waals surface area contributed by atoms with Crippen LogP contribution in [0.3, 0.4) is 0 Å². The fourth-order valence-electron chi connectivity index (χ4n) is 1.08. The maximum absolute atomic E-state index is 11.8. The molecule has 0 aliphatic heterocycles. The molecule has 0 rings (SSSR count). The van der Waals surface area contributed by atoms with Gasteiger partial charge in [0.1, 0.15) is 6.04 Å². The number of carbonyl (C=O) groups excluding carboxylic acids is 1. The summed E-state index contributed by atoms with van der Waals surface area (Å²) in [6.45, 7) is 3.51. The Morgan fingerprint density at radius 2 is 1.88 bits per heavy atom. The number of thioether (sulfide) groups is 1. The first kappa shape index (κ1) is 16.1. The van der Waals surface area contributed by atoms with Gasteiger partial charge in [0.05, 0.1) is 5.75 Å². The van der Waals surface area contributed by atoms with Crippen LogP contribution in [0, 0.1) is 5.92 Å². The zero-order valence-corrected chi connectivity index (χ0v) is 10.2. The van der Waals surface area contributed by atoms with Crippen LogP contribution in [0.25, 0.3) is 0 Å². The van der Waals surface area contributed by atoms with Gasteiger partial charge in [-0.15, -0.1) is 0 Å². The van der Waals surface area contributed by atoms with E-state index in [9.17, 15) is 22.8 Å². The molecule has 100 valence electrons. The standard InChI is InChI=1S/C9H14F3NO3S/c1-5(2)3-6(8(15)16)13-7(14)4-17-9(10,11)12/h5-6H,3-4H2,1-2H3,(H,13,14)(H,15,16)/t6-/m1/s1. The first-order chi connectivity index (χ1) is 7.61. The quantitative estimate of drug-likeness (QED) is 0.775. The first-order valence-corrected chi connectivity index (χ1v) is 5.83. The highest BCUT2D eigenvalue weighted by atomic mass is 32.2. The highest BCUT2D eigenvalue weighted by Crippen LogP contribution is 2.29. The number of halogens is 3. The third kappa shape index (κ3) is 8.84. The molecule has 17 heavy (non-hydrogen) atoms. The van der Waals surface area contributed by atoms with Crippen LogP contribution < -0.4 is 5.32 Å². The molecule has 8 heteroatoms. The number of alkyl halides is 3. The van der Waals surface area contributed by atoms with Gasteiger partial charge in [0.15, 0.2) is 0 Å². The number of amides is 1. The van der Waals surface area contributed by atoms with Crippen LogP contribution in [-0.4, -0.2) is 34.3 Å². The molecule has 0 saturated heterocycles. The van der Waals surface area contributed by atoms with Crippen LogP contribution >= 0.6 is 11.8 Å². The summed E-state index contributed by atoms with van der Waals surface area (Å²) in [6, 6.07) is -1.14. The van der Waals surface area contributed by atoms with E-state index in [0.29, 0.717) is 0 Å². The van der Waals surface area contributed by atoms with Crippen LogP contribution in [0.4, 0.5) is 13.2 Å². The second-order valence-corrected chi connectivity index (χ2v) is 4.86. The van der Waals surface area contributed by atoms with Crippen molar-refractivity contribution in [3.05, 3.63) is 0 Å². The summed E-state index contributed by atoms with van der Waals surface area (Å²) in [5.74, 6) is -2.98. The molecule has 0 aromatic carbocycles. The van der Waals surface area contributed by atoms with Crippen molar-refractivity contribution in [2.45, 2.75) is 31.8 Å². The third-order valence-corrected chi connectivity index (χ3v) is 2.44. The van der Waals surface area contributed by atoms with Gasteiger partial charge in [0.2, 0.25) is 5.91 Å². The smallest absolute Gasteiger partial charge is 0.442 e. The SMILES string of the molecule is CC(C)C[C@@H](NC(=O)CSC(F)(F)F)C(=O)O. The molecule has 0 fully saturated rings. The van der Waals surface area contributed by atoms with E-state index < -0.39 is 40.9 Å². The summed E-state index contributed by atoms with van der Waals surface area (Å²) in [5, 5.41) is 10.8. The van der Waals surface area contributed by atoms with Crippen molar-refractivity contribution in [3.8, 4) is 0 Å². The zero-order chi connectivity index (χ0) is 13.6. The fourth-order valence-corrected chi connectivity index (χ4v) is 1.45. The summed E-state index contributed by atoms with van der Waals surface area (Å²) in [7, 11) is 0. The minimum atomic E-state index is -4.49. The Morgan fingerprint density at radius 1 is 1.35 bits per heavy atom. The van der Waals surface area contributed by atoms with Gasteiger partial charge in [-0.1, -0.05) is 13.8 Å². The number of carbonyl (C=O) groups is 2. The van der Waals surface area contributed by atoms with E-state index in [1.165, 1.54) is 0 Å². The molecule has 0 saturated carbocycles. The molecule has 0 radical (unpaired) electrons. The monoisotopic (exact) mass is 273 g/mol. The second kappa shape index (κ2) is 6.73. The van der Waals surface area contributed by atoms with Gasteiger partial charge in [-0.2, -0.15) is 13.2 Å².